The van der Waals surface area contributed by atoms with E-state index in [2.05, 4.69) is 5.32 Å². The molecule has 1 fully saturated rings. The molecule has 0 spiro atoms. The van der Waals surface area contributed by atoms with Crippen molar-refractivity contribution in [2.75, 3.05) is 19.8 Å². The topological polar surface area (TPSA) is 21.3 Å². The molecule has 0 saturated carbocycles. The molecular formula is C14H19F2NO. The highest BCUT2D eigenvalue weighted by molar-refractivity contribution is 5.23. The van der Waals surface area contributed by atoms with Gasteiger partial charge in [-0.25, -0.2) is 8.78 Å². The third kappa shape index (κ3) is 3.06. The van der Waals surface area contributed by atoms with Gasteiger partial charge in [0, 0.05) is 24.8 Å². The molecule has 1 atom stereocenters. The van der Waals surface area contributed by atoms with Crippen molar-refractivity contribution in [1.82, 2.24) is 5.32 Å². The third-order valence-electron chi connectivity index (χ3n) is 3.45. The zero-order valence-corrected chi connectivity index (χ0v) is 10.6. The van der Waals surface area contributed by atoms with Crippen molar-refractivity contribution in [3.8, 4) is 0 Å². The van der Waals surface area contributed by atoms with Crippen LogP contribution in [0.1, 0.15) is 31.4 Å². The first-order chi connectivity index (χ1) is 8.72. The standard InChI is InChI=1S/C14H19F2NO/c1-2-17-14(10-5-7-18-8-6-10)12-9-11(15)3-4-13(12)16/h3-4,9-10,14,17H,2,5-8H2,1H3. The fourth-order valence-corrected chi connectivity index (χ4v) is 2.55. The summed E-state index contributed by atoms with van der Waals surface area (Å²) in [6.45, 7) is 4.11. The summed E-state index contributed by atoms with van der Waals surface area (Å²) in [5, 5.41) is 3.27. The molecule has 100 valence electrons. The molecule has 0 radical (unpaired) electrons. The average molecular weight is 255 g/mol. The van der Waals surface area contributed by atoms with Gasteiger partial charge in [0.05, 0.1) is 0 Å². The Morgan fingerprint density at radius 2 is 2.06 bits per heavy atom. The van der Waals surface area contributed by atoms with Crippen LogP contribution in [0.5, 0.6) is 0 Å². The van der Waals surface area contributed by atoms with Crippen molar-refractivity contribution < 1.29 is 13.5 Å². The molecule has 1 aromatic carbocycles. The summed E-state index contributed by atoms with van der Waals surface area (Å²) in [6, 6.07) is 3.53. The maximum atomic E-state index is 13.9. The lowest BCUT2D eigenvalue weighted by molar-refractivity contribution is 0.0533. The largest absolute Gasteiger partial charge is 0.381 e. The summed E-state index contributed by atoms with van der Waals surface area (Å²) in [6.07, 6.45) is 1.77. The number of nitrogens with one attached hydrogen (secondary N) is 1. The molecule has 0 bridgehead atoms. The number of ether oxygens (including phenoxy) is 1. The van der Waals surface area contributed by atoms with Crippen molar-refractivity contribution in [3.63, 3.8) is 0 Å². The van der Waals surface area contributed by atoms with Crippen LogP contribution in [0.15, 0.2) is 18.2 Å². The van der Waals surface area contributed by atoms with E-state index in [0.717, 1.165) is 25.5 Å². The van der Waals surface area contributed by atoms with Gasteiger partial charge in [-0.3, -0.25) is 0 Å². The summed E-state index contributed by atoms with van der Waals surface area (Å²) in [5.74, 6) is -0.426. The van der Waals surface area contributed by atoms with Gasteiger partial charge < -0.3 is 10.1 Å². The fraction of sp³-hybridized carbons (Fsp3) is 0.571. The van der Waals surface area contributed by atoms with Crippen LogP contribution < -0.4 is 5.32 Å². The van der Waals surface area contributed by atoms with E-state index in [-0.39, 0.29) is 17.7 Å². The summed E-state index contributed by atoms with van der Waals surface area (Å²) in [4.78, 5) is 0. The first kappa shape index (κ1) is 13.4. The molecule has 1 N–H and O–H groups in total. The minimum Gasteiger partial charge on any atom is -0.381 e. The quantitative estimate of drug-likeness (QED) is 0.893. The molecule has 1 aliphatic heterocycles. The first-order valence-electron chi connectivity index (χ1n) is 6.48. The number of halogens is 2. The van der Waals surface area contributed by atoms with Gasteiger partial charge in [-0.05, 0) is 43.5 Å². The summed E-state index contributed by atoms with van der Waals surface area (Å²) < 4.78 is 32.5. The highest BCUT2D eigenvalue weighted by atomic mass is 19.1. The SMILES string of the molecule is CCNC(c1cc(F)ccc1F)C1CCOCC1. The van der Waals surface area contributed by atoms with E-state index in [1.807, 2.05) is 6.92 Å². The van der Waals surface area contributed by atoms with E-state index in [0.29, 0.717) is 24.7 Å². The molecule has 2 nitrogen and oxygen atoms in total. The molecule has 1 saturated heterocycles. The van der Waals surface area contributed by atoms with Crippen molar-refractivity contribution in [1.29, 1.82) is 0 Å². The molecule has 0 amide bonds. The summed E-state index contributed by atoms with van der Waals surface area (Å²) in [5.41, 5.74) is 0.434. The second kappa shape index (κ2) is 6.25. The monoisotopic (exact) mass is 255 g/mol. The molecule has 1 unspecified atom stereocenters. The van der Waals surface area contributed by atoms with Crippen LogP contribution >= 0.6 is 0 Å². The lowest BCUT2D eigenvalue weighted by Crippen LogP contribution is -2.32. The molecule has 4 heteroatoms. The van der Waals surface area contributed by atoms with E-state index in [9.17, 15) is 8.78 Å². The van der Waals surface area contributed by atoms with Gasteiger partial charge in [-0.2, -0.15) is 0 Å². The van der Waals surface area contributed by atoms with Crippen LogP contribution in [-0.2, 0) is 4.74 Å². The van der Waals surface area contributed by atoms with Crippen molar-refractivity contribution in [3.05, 3.63) is 35.4 Å². The van der Waals surface area contributed by atoms with Crippen LogP contribution in [-0.4, -0.2) is 19.8 Å². The number of rotatable bonds is 4. The molecule has 18 heavy (non-hydrogen) atoms. The van der Waals surface area contributed by atoms with Gasteiger partial charge in [-0.15, -0.1) is 0 Å². The third-order valence-corrected chi connectivity index (χ3v) is 3.45. The molecule has 2 rings (SSSR count). The fourth-order valence-electron chi connectivity index (χ4n) is 2.55. The van der Waals surface area contributed by atoms with Gasteiger partial charge in [0.2, 0.25) is 0 Å². The van der Waals surface area contributed by atoms with Crippen LogP contribution in [0.3, 0.4) is 0 Å². The van der Waals surface area contributed by atoms with E-state index in [1.54, 1.807) is 0 Å². The normalized spacial score (nSPS) is 18.8. The van der Waals surface area contributed by atoms with Crippen LogP contribution in [0.4, 0.5) is 8.78 Å². The Labute approximate surface area is 106 Å². The zero-order chi connectivity index (χ0) is 13.0. The Balaban J connectivity index is 2.24. The predicted molar refractivity (Wildman–Crippen MR) is 66.3 cm³/mol. The van der Waals surface area contributed by atoms with E-state index in [4.69, 9.17) is 4.74 Å². The van der Waals surface area contributed by atoms with Crippen LogP contribution in [0, 0.1) is 17.6 Å². The van der Waals surface area contributed by atoms with Crippen molar-refractivity contribution >= 4 is 0 Å². The number of hydrogen-bond acceptors (Lipinski definition) is 2. The maximum absolute atomic E-state index is 13.9. The van der Waals surface area contributed by atoms with Crippen molar-refractivity contribution in [2.24, 2.45) is 5.92 Å². The van der Waals surface area contributed by atoms with Gasteiger partial charge in [-0.1, -0.05) is 6.92 Å². The van der Waals surface area contributed by atoms with E-state index < -0.39 is 0 Å². The van der Waals surface area contributed by atoms with E-state index >= 15 is 0 Å². The second-order valence-corrected chi connectivity index (χ2v) is 4.65. The Bertz CT molecular complexity index is 391. The lowest BCUT2D eigenvalue weighted by atomic mass is 9.86. The average Bonchev–Trinajstić information content (AvgIpc) is 2.40. The molecule has 1 heterocycles. The highest BCUT2D eigenvalue weighted by Gasteiger charge is 2.27. The molecule has 1 aliphatic rings. The Morgan fingerprint density at radius 3 is 2.72 bits per heavy atom. The van der Waals surface area contributed by atoms with Gasteiger partial charge >= 0.3 is 0 Å². The van der Waals surface area contributed by atoms with Gasteiger partial charge in [0.25, 0.3) is 0 Å². The van der Waals surface area contributed by atoms with Gasteiger partial charge in [0.15, 0.2) is 0 Å². The second-order valence-electron chi connectivity index (χ2n) is 4.65. The lowest BCUT2D eigenvalue weighted by Gasteiger charge is -2.31. The van der Waals surface area contributed by atoms with Crippen LogP contribution in [0.2, 0.25) is 0 Å². The first-order valence-corrected chi connectivity index (χ1v) is 6.48. The Kier molecular flexibility index (Phi) is 4.66. The zero-order valence-electron chi connectivity index (χ0n) is 10.6. The summed E-state index contributed by atoms with van der Waals surface area (Å²) >= 11 is 0. The Hall–Kier alpha value is -1.00. The Morgan fingerprint density at radius 1 is 1.33 bits per heavy atom. The molecule has 0 aliphatic carbocycles. The van der Waals surface area contributed by atoms with Crippen LogP contribution in [0.25, 0.3) is 0 Å². The minimum atomic E-state index is -0.388. The highest BCUT2D eigenvalue weighted by Crippen LogP contribution is 2.31. The molecule has 1 aromatic rings. The minimum absolute atomic E-state index is 0.130. The van der Waals surface area contributed by atoms with Gasteiger partial charge in [0.1, 0.15) is 11.6 Å². The smallest absolute Gasteiger partial charge is 0.128 e. The summed E-state index contributed by atoms with van der Waals surface area (Å²) in [7, 11) is 0. The number of benzene rings is 1. The predicted octanol–water partition coefficient (Wildman–Crippen LogP) is 3.04. The number of hydrogen-bond donors (Lipinski definition) is 1. The molecular weight excluding hydrogens is 236 g/mol. The molecule has 0 aromatic heterocycles. The van der Waals surface area contributed by atoms with Crippen molar-refractivity contribution in [2.45, 2.75) is 25.8 Å². The maximum Gasteiger partial charge on any atom is 0.128 e. The van der Waals surface area contributed by atoms with E-state index in [1.165, 1.54) is 12.1 Å².